The summed E-state index contributed by atoms with van der Waals surface area (Å²) >= 11 is 0.932. The van der Waals surface area contributed by atoms with Gasteiger partial charge in [-0.1, -0.05) is 11.8 Å². The summed E-state index contributed by atoms with van der Waals surface area (Å²) in [7, 11) is 0. The van der Waals surface area contributed by atoms with Gasteiger partial charge in [0.15, 0.2) is 28.4 Å². The van der Waals surface area contributed by atoms with Crippen molar-refractivity contribution in [3.05, 3.63) is 29.1 Å². The van der Waals surface area contributed by atoms with Crippen LogP contribution >= 0.6 is 11.8 Å². The normalized spacial score (nSPS) is 18.2. The zero-order valence-corrected chi connectivity index (χ0v) is 12.1. The van der Waals surface area contributed by atoms with Gasteiger partial charge in [-0.05, 0) is 5.92 Å². The molecule has 1 aliphatic heterocycles. The molecule has 1 unspecified atom stereocenters. The highest BCUT2D eigenvalue weighted by Gasteiger charge is 2.37. The van der Waals surface area contributed by atoms with Crippen molar-refractivity contribution < 1.29 is 31.5 Å². The van der Waals surface area contributed by atoms with Crippen LogP contribution in [0.2, 0.25) is 0 Å². The maximum absolute atomic E-state index is 13.7. The molecule has 0 radical (unpaired) electrons. The minimum absolute atomic E-state index is 0.125. The standard InChI is InChI=1S/C13H10F5NO2S/c1-5(20)22-4-6-2-7(21)19(3-6)13-11(17)9(15)8(14)10(16)12(13)18/h6H,2-4H2,1H3. The molecule has 1 aromatic carbocycles. The van der Waals surface area contributed by atoms with E-state index < -0.39 is 46.6 Å². The van der Waals surface area contributed by atoms with Gasteiger partial charge in [-0.15, -0.1) is 0 Å². The summed E-state index contributed by atoms with van der Waals surface area (Å²) in [5.74, 6) is -11.5. The zero-order valence-electron chi connectivity index (χ0n) is 11.3. The van der Waals surface area contributed by atoms with E-state index >= 15 is 0 Å². The largest absolute Gasteiger partial charge is 0.307 e. The second kappa shape index (κ2) is 6.23. The topological polar surface area (TPSA) is 37.4 Å². The second-order valence-corrected chi connectivity index (χ2v) is 5.99. The fraction of sp³-hybridized carbons (Fsp3) is 0.385. The number of halogens is 5. The maximum atomic E-state index is 13.7. The van der Waals surface area contributed by atoms with E-state index in [-0.39, 0.29) is 23.8 Å². The van der Waals surface area contributed by atoms with E-state index in [0.29, 0.717) is 4.90 Å². The SMILES string of the molecule is CC(=O)SCC1CC(=O)N(c2c(F)c(F)c(F)c(F)c2F)C1. The third kappa shape index (κ3) is 2.94. The van der Waals surface area contributed by atoms with Gasteiger partial charge < -0.3 is 4.90 Å². The molecule has 0 bridgehead atoms. The van der Waals surface area contributed by atoms with Gasteiger partial charge >= 0.3 is 0 Å². The highest BCUT2D eigenvalue weighted by Crippen LogP contribution is 2.34. The van der Waals surface area contributed by atoms with Crippen molar-refractivity contribution in [3.8, 4) is 0 Å². The van der Waals surface area contributed by atoms with E-state index in [1.54, 1.807) is 0 Å². The lowest BCUT2D eigenvalue weighted by Gasteiger charge is -2.19. The summed E-state index contributed by atoms with van der Waals surface area (Å²) in [6.45, 7) is 1.11. The van der Waals surface area contributed by atoms with Crippen LogP contribution in [-0.2, 0) is 9.59 Å². The summed E-state index contributed by atoms with van der Waals surface area (Å²) < 4.78 is 66.8. The molecule has 120 valence electrons. The van der Waals surface area contributed by atoms with E-state index in [1.165, 1.54) is 6.92 Å². The monoisotopic (exact) mass is 339 g/mol. The molecule has 0 aliphatic carbocycles. The van der Waals surface area contributed by atoms with E-state index in [1.807, 2.05) is 0 Å². The Morgan fingerprint density at radius 2 is 1.59 bits per heavy atom. The molecule has 0 N–H and O–H groups in total. The molecule has 3 nitrogen and oxygen atoms in total. The molecule has 2 rings (SSSR count). The molecule has 1 aromatic rings. The minimum Gasteiger partial charge on any atom is -0.307 e. The van der Waals surface area contributed by atoms with E-state index in [9.17, 15) is 31.5 Å². The Kier molecular flexibility index (Phi) is 4.74. The number of nitrogens with zero attached hydrogens (tertiary/aromatic N) is 1. The third-order valence-electron chi connectivity index (χ3n) is 3.18. The van der Waals surface area contributed by atoms with Crippen LogP contribution in [-0.4, -0.2) is 23.3 Å². The Morgan fingerprint density at radius 3 is 2.09 bits per heavy atom. The Morgan fingerprint density at radius 1 is 1.09 bits per heavy atom. The Bertz CT molecular complexity index is 623. The average Bonchev–Trinajstić information content (AvgIpc) is 2.82. The first kappa shape index (κ1) is 16.7. The zero-order chi connectivity index (χ0) is 16.6. The summed E-state index contributed by atoms with van der Waals surface area (Å²) in [6.07, 6.45) is -0.125. The van der Waals surface area contributed by atoms with Crippen LogP contribution in [0.4, 0.5) is 27.6 Å². The fourth-order valence-electron chi connectivity index (χ4n) is 2.17. The van der Waals surface area contributed by atoms with Gasteiger partial charge in [-0.2, -0.15) is 0 Å². The Balaban J connectivity index is 2.33. The van der Waals surface area contributed by atoms with Crippen LogP contribution in [0, 0.1) is 35.0 Å². The lowest BCUT2D eigenvalue weighted by atomic mass is 10.1. The molecular formula is C13H10F5NO2S. The van der Waals surface area contributed by atoms with E-state index in [4.69, 9.17) is 0 Å². The van der Waals surface area contributed by atoms with Crippen LogP contribution in [0.5, 0.6) is 0 Å². The Hall–Kier alpha value is -1.64. The number of benzene rings is 1. The summed E-state index contributed by atoms with van der Waals surface area (Å²) in [5.41, 5.74) is -1.24. The molecule has 1 saturated heterocycles. The fourth-order valence-corrected chi connectivity index (χ4v) is 2.87. The van der Waals surface area contributed by atoms with Crippen molar-refractivity contribution >= 4 is 28.5 Å². The number of amides is 1. The van der Waals surface area contributed by atoms with Crippen LogP contribution in [0.15, 0.2) is 0 Å². The molecule has 0 spiro atoms. The van der Waals surface area contributed by atoms with E-state index in [0.717, 1.165) is 11.8 Å². The number of hydrogen-bond acceptors (Lipinski definition) is 3. The summed E-state index contributed by atoms with van der Waals surface area (Å²) in [4.78, 5) is 23.2. The first-order valence-electron chi connectivity index (χ1n) is 6.19. The average molecular weight is 339 g/mol. The lowest BCUT2D eigenvalue weighted by Crippen LogP contribution is -2.28. The van der Waals surface area contributed by atoms with Crippen molar-refractivity contribution in [1.29, 1.82) is 0 Å². The van der Waals surface area contributed by atoms with Gasteiger partial charge in [0.2, 0.25) is 11.7 Å². The molecule has 1 atom stereocenters. The number of thioether (sulfide) groups is 1. The molecule has 1 fully saturated rings. The molecule has 1 amide bonds. The quantitative estimate of drug-likeness (QED) is 0.483. The van der Waals surface area contributed by atoms with Gasteiger partial charge in [0, 0.05) is 25.6 Å². The lowest BCUT2D eigenvalue weighted by molar-refractivity contribution is -0.117. The summed E-state index contributed by atoms with van der Waals surface area (Å²) in [6, 6.07) is 0. The number of carbonyl (C=O) groups is 2. The van der Waals surface area contributed by atoms with Crippen molar-refractivity contribution in [3.63, 3.8) is 0 Å². The predicted molar refractivity (Wildman–Crippen MR) is 69.8 cm³/mol. The van der Waals surface area contributed by atoms with Crippen LogP contribution < -0.4 is 4.90 Å². The smallest absolute Gasteiger partial charge is 0.227 e. The summed E-state index contributed by atoms with van der Waals surface area (Å²) in [5, 5.41) is -0.192. The molecule has 1 aliphatic rings. The molecule has 1 heterocycles. The van der Waals surface area contributed by atoms with Gasteiger partial charge in [-0.3, -0.25) is 9.59 Å². The van der Waals surface area contributed by atoms with Gasteiger partial charge in [0.05, 0.1) is 0 Å². The molecule has 9 heteroatoms. The maximum Gasteiger partial charge on any atom is 0.227 e. The number of carbonyl (C=O) groups excluding carboxylic acids is 2. The predicted octanol–water partition coefficient (Wildman–Crippen LogP) is 3.01. The van der Waals surface area contributed by atoms with Gasteiger partial charge in [0.25, 0.3) is 0 Å². The minimum atomic E-state index is -2.27. The van der Waals surface area contributed by atoms with Crippen molar-refractivity contribution in [2.75, 3.05) is 17.2 Å². The van der Waals surface area contributed by atoms with Gasteiger partial charge in [-0.25, -0.2) is 22.0 Å². The molecule has 0 aromatic heterocycles. The highest BCUT2D eigenvalue weighted by atomic mass is 32.2. The molecule has 0 saturated carbocycles. The molecular weight excluding hydrogens is 329 g/mol. The first-order chi connectivity index (χ1) is 10.2. The first-order valence-corrected chi connectivity index (χ1v) is 7.17. The van der Waals surface area contributed by atoms with Crippen molar-refractivity contribution in [2.24, 2.45) is 5.92 Å². The third-order valence-corrected chi connectivity index (χ3v) is 4.23. The van der Waals surface area contributed by atoms with Crippen LogP contribution in [0.25, 0.3) is 0 Å². The van der Waals surface area contributed by atoms with Crippen LogP contribution in [0.3, 0.4) is 0 Å². The van der Waals surface area contributed by atoms with Crippen molar-refractivity contribution in [1.82, 2.24) is 0 Å². The number of anilines is 1. The number of hydrogen-bond donors (Lipinski definition) is 0. The number of rotatable bonds is 3. The van der Waals surface area contributed by atoms with Gasteiger partial charge in [0.1, 0.15) is 5.69 Å². The van der Waals surface area contributed by atoms with Crippen molar-refractivity contribution in [2.45, 2.75) is 13.3 Å². The Labute approximate surface area is 126 Å². The second-order valence-electron chi connectivity index (χ2n) is 4.80. The van der Waals surface area contributed by atoms with Crippen LogP contribution in [0.1, 0.15) is 13.3 Å². The highest BCUT2D eigenvalue weighted by molar-refractivity contribution is 8.13. The molecule has 22 heavy (non-hydrogen) atoms. The van der Waals surface area contributed by atoms with E-state index in [2.05, 4.69) is 0 Å².